The molecule has 98 valence electrons. The number of amidine groups is 1. The molecule has 0 aromatic heterocycles. The van der Waals surface area contributed by atoms with Gasteiger partial charge in [-0.15, -0.1) is 0 Å². The maximum Gasteiger partial charge on any atom is 0.192 e. The van der Waals surface area contributed by atoms with Crippen LogP contribution in [0.1, 0.15) is 39.2 Å². The fourth-order valence-electron chi connectivity index (χ4n) is 1.89. The second kappa shape index (κ2) is 3.82. The Hall–Kier alpha value is -1.36. The lowest BCUT2D eigenvalue weighted by atomic mass is 10.0. The number of hydrogen-bond acceptors (Lipinski definition) is 4. The Bertz CT molecular complexity index is 628. The van der Waals surface area contributed by atoms with Gasteiger partial charge in [-0.3, -0.25) is 0 Å². The lowest BCUT2D eigenvalue weighted by molar-refractivity contribution is 0.575. The van der Waals surface area contributed by atoms with Crippen molar-refractivity contribution in [3.63, 3.8) is 0 Å². The second-order valence-corrected chi connectivity index (χ2v) is 7.86. The molecule has 1 aliphatic heterocycles. The van der Waals surface area contributed by atoms with Gasteiger partial charge in [-0.2, -0.15) is 0 Å². The van der Waals surface area contributed by atoms with Crippen LogP contribution in [-0.2, 0) is 9.84 Å². The van der Waals surface area contributed by atoms with Crippen LogP contribution < -0.4 is 5.73 Å². The van der Waals surface area contributed by atoms with Gasteiger partial charge in [0, 0.05) is 0 Å². The van der Waals surface area contributed by atoms with E-state index in [4.69, 9.17) is 5.73 Å². The molecule has 0 atom stereocenters. The Kier molecular flexibility index (Phi) is 2.77. The number of nitrogens with two attached hydrogens (primary N) is 1. The van der Waals surface area contributed by atoms with E-state index in [2.05, 4.69) is 18.8 Å². The van der Waals surface area contributed by atoms with Gasteiger partial charge in [0.25, 0.3) is 0 Å². The number of rotatable bonds is 1. The fourth-order valence-corrected chi connectivity index (χ4v) is 3.38. The summed E-state index contributed by atoms with van der Waals surface area (Å²) in [5.41, 5.74) is 7.31. The topological polar surface area (TPSA) is 72.5 Å². The standard InChI is InChI=1S/C13H18N2O2S/c1-8(2)9-5-6-11-10(7-9)15-12(14)13(3,4)18(11,16)17/h5-8H,1-4H3,(H2,14,15). The molecule has 0 spiro atoms. The van der Waals surface area contributed by atoms with Crippen LogP contribution in [0.5, 0.6) is 0 Å². The summed E-state index contributed by atoms with van der Waals surface area (Å²) in [4.78, 5) is 4.52. The molecule has 1 aliphatic rings. The minimum Gasteiger partial charge on any atom is -0.386 e. The minimum atomic E-state index is -3.47. The molecule has 1 aromatic rings. The van der Waals surface area contributed by atoms with Gasteiger partial charge in [0.05, 0.1) is 10.6 Å². The van der Waals surface area contributed by atoms with Gasteiger partial charge in [0.15, 0.2) is 9.84 Å². The van der Waals surface area contributed by atoms with Crippen LogP contribution in [-0.4, -0.2) is 19.0 Å². The predicted molar refractivity (Wildman–Crippen MR) is 73.1 cm³/mol. The Balaban J connectivity index is 2.74. The molecule has 4 nitrogen and oxygen atoms in total. The highest BCUT2D eigenvalue weighted by Gasteiger charge is 2.43. The van der Waals surface area contributed by atoms with E-state index in [0.717, 1.165) is 5.56 Å². The van der Waals surface area contributed by atoms with Crippen LogP contribution >= 0.6 is 0 Å². The molecule has 0 unspecified atom stereocenters. The number of fused-ring (bicyclic) bond motifs is 1. The van der Waals surface area contributed by atoms with E-state index in [1.807, 2.05) is 6.07 Å². The molecule has 1 heterocycles. The summed E-state index contributed by atoms with van der Waals surface area (Å²) < 4.78 is 23.8. The van der Waals surface area contributed by atoms with Crippen molar-refractivity contribution in [2.45, 2.75) is 43.3 Å². The average molecular weight is 266 g/mol. The van der Waals surface area contributed by atoms with E-state index in [0.29, 0.717) is 11.6 Å². The third-order valence-electron chi connectivity index (χ3n) is 3.47. The Morgan fingerprint density at radius 1 is 1.28 bits per heavy atom. The van der Waals surface area contributed by atoms with E-state index < -0.39 is 14.6 Å². The van der Waals surface area contributed by atoms with Crippen LogP contribution in [0, 0.1) is 0 Å². The van der Waals surface area contributed by atoms with Gasteiger partial charge >= 0.3 is 0 Å². The van der Waals surface area contributed by atoms with Crippen LogP contribution in [0.15, 0.2) is 28.1 Å². The van der Waals surface area contributed by atoms with Crippen molar-refractivity contribution in [3.05, 3.63) is 23.8 Å². The van der Waals surface area contributed by atoms with Gasteiger partial charge in [-0.25, -0.2) is 13.4 Å². The molecule has 0 saturated heterocycles. The zero-order valence-electron chi connectivity index (χ0n) is 11.1. The SMILES string of the molecule is CC(C)c1ccc2c(c1)N=C(N)C(C)(C)S2(=O)=O. The maximum absolute atomic E-state index is 12.5. The molecule has 0 saturated carbocycles. The van der Waals surface area contributed by atoms with E-state index in [1.165, 1.54) is 0 Å². The zero-order chi connectivity index (χ0) is 13.7. The zero-order valence-corrected chi connectivity index (χ0v) is 11.9. The molecule has 0 amide bonds. The first kappa shape index (κ1) is 13.1. The Morgan fingerprint density at radius 2 is 1.89 bits per heavy atom. The number of sulfone groups is 1. The highest BCUT2D eigenvalue weighted by atomic mass is 32.2. The number of nitrogens with zero attached hydrogens (tertiary/aromatic N) is 1. The molecule has 5 heteroatoms. The summed E-state index contributed by atoms with van der Waals surface area (Å²) in [6.45, 7) is 7.27. The summed E-state index contributed by atoms with van der Waals surface area (Å²) in [5.74, 6) is 0.472. The largest absolute Gasteiger partial charge is 0.386 e. The predicted octanol–water partition coefficient (Wildman–Crippen LogP) is 2.36. The van der Waals surface area contributed by atoms with Crippen molar-refractivity contribution in [2.75, 3.05) is 0 Å². The summed E-state index contributed by atoms with van der Waals surface area (Å²) in [6.07, 6.45) is 0. The van der Waals surface area contributed by atoms with Crippen LogP contribution in [0.4, 0.5) is 5.69 Å². The average Bonchev–Trinajstić information content (AvgIpc) is 2.26. The minimum absolute atomic E-state index is 0.149. The fraction of sp³-hybridized carbons (Fsp3) is 0.462. The molecular weight excluding hydrogens is 248 g/mol. The molecule has 0 radical (unpaired) electrons. The van der Waals surface area contributed by atoms with Crippen LogP contribution in [0.3, 0.4) is 0 Å². The molecule has 1 aromatic carbocycles. The number of benzene rings is 1. The quantitative estimate of drug-likeness (QED) is 0.848. The second-order valence-electron chi connectivity index (χ2n) is 5.39. The highest BCUT2D eigenvalue weighted by Crippen LogP contribution is 2.38. The summed E-state index contributed by atoms with van der Waals surface area (Å²) in [7, 11) is -3.47. The summed E-state index contributed by atoms with van der Waals surface area (Å²) in [6, 6.07) is 5.28. The van der Waals surface area contributed by atoms with Crippen molar-refractivity contribution in [1.82, 2.24) is 0 Å². The number of hydrogen-bond donors (Lipinski definition) is 1. The molecule has 0 fully saturated rings. The lowest BCUT2D eigenvalue weighted by Gasteiger charge is -2.29. The highest BCUT2D eigenvalue weighted by molar-refractivity contribution is 7.93. The number of aliphatic imine (C=N–C) groups is 1. The Labute approximate surface area is 108 Å². The van der Waals surface area contributed by atoms with Crippen LogP contribution in [0.2, 0.25) is 0 Å². The third-order valence-corrected chi connectivity index (χ3v) is 5.95. The first-order valence-corrected chi connectivity index (χ1v) is 7.39. The molecule has 0 bridgehead atoms. The van der Waals surface area contributed by atoms with Crippen molar-refractivity contribution >= 4 is 21.4 Å². The first-order valence-electron chi connectivity index (χ1n) is 5.91. The molecule has 2 rings (SSSR count). The summed E-state index contributed by atoms with van der Waals surface area (Å²) in [5, 5.41) is 0. The van der Waals surface area contributed by atoms with Crippen molar-refractivity contribution in [2.24, 2.45) is 10.7 Å². The van der Waals surface area contributed by atoms with Gasteiger partial charge in [0.1, 0.15) is 10.6 Å². The van der Waals surface area contributed by atoms with Crippen LogP contribution in [0.25, 0.3) is 0 Å². The van der Waals surface area contributed by atoms with E-state index in [-0.39, 0.29) is 10.7 Å². The Morgan fingerprint density at radius 3 is 2.44 bits per heavy atom. The van der Waals surface area contributed by atoms with Gasteiger partial charge in [0.2, 0.25) is 0 Å². The van der Waals surface area contributed by atoms with Crippen molar-refractivity contribution in [1.29, 1.82) is 0 Å². The summed E-state index contributed by atoms with van der Waals surface area (Å²) >= 11 is 0. The molecular formula is C13H18N2O2S. The lowest BCUT2D eigenvalue weighted by Crippen LogP contribution is -2.47. The maximum atomic E-state index is 12.5. The molecule has 0 aliphatic carbocycles. The van der Waals surface area contributed by atoms with Crippen molar-refractivity contribution in [3.8, 4) is 0 Å². The monoisotopic (exact) mass is 266 g/mol. The van der Waals surface area contributed by atoms with E-state index in [9.17, 15) is 8.42 Å². The van der Waals surface area contributed by atoms with Gasteiger partial charge in [-0.1, -0.05) is 19.9 Å². The van der Waals surface area contributed by atoms with Gasteiger partial charge in [-0.05, 0) is 37.5 Å². The molecule has 18 heavy (non-hydrogen) atoms. The van der Waals surface area contributed by atoms with Gasteiger partial charge < -0.3 is 5.73 Å². The third kappa shape index (κ3) is 1.65. The van der Waals surface area contributed by atoms with Crippen molar-refractivity contribution < 1.29 is 8.42 Å². The smallest absolute Gasteiger partial charge is 0.192 e. The van der Waals surface area contributed by atoms with E-state index >= 15 is 0 Å². The first-order chi connectivity index (χ1) is 8.18. The normalized spacial score (nSPS) is 20.4. The van der Waals surface area contributed by atoms with E-state index in [1.54, 1.807) is 26.0 Å². The molecule has 2 N–H and O–H groups in total.